The summed E-state index contributed by atoms with van der Waals surface area (Å²) < 4.78 is 18.1. The highest BCUT2D eigenvalue weighted by molar-refractivity contribution is 5.85. The maximum Gasteiger partial charge on any atom is 0.137 e. The molecule has 28 heavy (non-hydrogen) atoms. The molecule has 0 amide bonds. The lowest BCUT2D eigenvalue weighted by Gasteiger charge is -2.09. The zero-order chi connectivity index (χ0) is 19.3. The molecule has 3 aromatic heterocycles. The maximum atomic E-state index is 14.0. The van der Waals surface area contributed by atoms with E-state index in [9.17, 15) is 9.50 Å². The highest BCUT2D eigenvalue weighted by Crippen LogP contribution is 2.28. The van der Waals surface area contributed by atoms with Crippen molar-refractivity contribution in [2.24, 2.45) is 7.05 Å². The summed E-state index contributed by atoms with van der Waals surface area (Å²) in [6.45, 7) is -0.341. The predicted molar refractivity (Wildman–Crippen MR) is 108 cm³/mol. The first-order valence-corrected chi connectivity index (χ1v) is 9.07. The minimum absolute atomic E-state index is 0.303. The van der Waals surface area contributed by atoms with Gasteiger partial charge in [0.2, 0.25) is 0 Å². The summed E-state index contributed by atoms with van der Waals surface area (Å²) in [7, 11) is 2.03. The number of pyridine rings is 1. The Hall–Kier alpha value is -3.44. The van der Waals surface area contributed by atoms with Crippen molar-refractivity contribution in [2.75, 3.05) is 0 Å². The van der Waals surface area contributed by atoms with Gasteiger partial charge in [-0.2, -0.15) is 0 Å². The van der Waals surface area contributed by atoms with Crippen LogP contribution in [0.2, 0.25) is 0 Å². The van der Waals surface area contributed by atoms with Crippen molar-refractivity contribution in [1.82, 2.24) is 14.0 Å². The summed E-state index contributed by atoms with van der Waals surface area (Å²) in [5, 5.41) is 10.7. The number of benzene rings is 2. The SMILES string of the molecule is Cn1ccc2cc(-c3cn4cc(-c5cccc(F)c5CO)ccc4n3)ccc21. The molecule has 0 saturated heterocycles. The molecule has 0 aliphatic rings. The fourth-order valence-electron chi connectivity index (χ4n) is 3.72. The fourth-order valence-corrected chi connectivity index (χ4v) is 3.72. The van der Waals surface area contributed by atoms with Crippen LogP contribution in [-0.2, 0) is 13.7 Å². The quantitative estimate of drug-likeness (QED) is 0.495. The van der Waals surface area contributed by atoms with Gasteiger partial charge in [-0.15, -0.1) is 0 Å². The topological polar surface area (TPSA) is 42.5 Å². The number of fused-ring (bicyclic) bond motifs is 2. The molecule has 5 rings (SSSR count). The number of halogens is 1. The average molecular weight is 371 g/mol. The van der Waals surface area contributed by atoms with Crippen LogP contribution >= 0.6 is 0 Å². The number of hydrogen-bond acceptors (Lipinski definition) is 2. The Kier molecular flexibility index (Phi) is 3.77. The Morgan fingerprint density at radius 2 is 1.86 bits per heavy atom. The summed E-state index contributed by atoms with van der Waals surface area (Å²) in [5.74, 6) is -0.400. The zero-order valence-corrected chi connectivity index (χ0v) is 15.3. The Balaban J connectivity index is 1.61. The number of nitrogens with zero attached hydrogens (tertiary/aromatic N) is 3. The molecule has 0 aliphatic carbocycles. The molecule has 0 spiro atoms. The highest BCUT2D eigenvalue weighted by atomic mass is 19.1. The fraction of sp³-hybridized carbons (Fsp3) is 0.0870. The first-order chi connectivity index (χ1) is 13.6. The number of rotatable bonds is 3. The molecule has 0 unspecified atom stereocenters. The average Bonchev–Trinajstić information content (AvgIpc) is 3.30. The molecule has 0 saturated carbocycles. The van der Waals surface area contributed by atoms with Gasteiger partial charge in [-0.05, 0) is 47.5 Å². The van der Waals surface area contributed by atoms with E-state index in [2.05, 4.69) is 28.8 Å². The molecule has 5 aromatic rings. The minimum Gasteiger partial charge on any atom is -0.392 e. The molecule has 0 aliphatic heterocycles. The van der Waals surface area contributed by atoms with Gasteiger partial charge in [0.15, 0.2) is 0 Å². The lowest BCUT2D eigenvalue weighted by Crippen LogP contribution is -1.95. The van der Waals surface area contributed by atoms with Gasteiger partial charge < -0.3 is 14.1 Å². The lowest BCUT2D eigenvalue weighted by molar-refractivity contribution is 0.276. The van der Waals surface area contributed by atoms with Crippen molar-refractivity contribution in [3.05, 3.63) is 84.6 Å². The molecule has 0 fully saturated rings. The van der Waals surface area contributed by atoms with Crippen LogP contribution in [0.1, 0.15) is 5.56 Å². The highest BCUT2D eigenvalue weighted by Gasteiger charge is 2.11. The van der Waals surface area contributed by atoms with E-state index in [-0.39, 0.29) is 6.61 Å². The molecule has 1 N–H and O–H groups in total. The second kappa shape index (κ2) is 6.32. The molecule has 2 aromatic carbocycles. The van der Waals surface area contributed by atoms with Crippen LogP contribution in [-0.4, -0.2) is 19.1 Å². The molecule has 3 heterocycles. The van der Waals surface area contributed by atoms with Gasteiger partial charge in [0.05, 0.1) is 12.3 Å². The van der Waals surface area contributed by atoms with E-state index in [0.29, 0.717) is 11.1 Å². The molecule has 138 valence electrons. The van der Waals surface area contributed by atoms with Crippen molar-refractivity contribution in [2.45, 2.75) is 6.61 Å². The molecule has 0 radical (unpaired) electrons. The van der Waals surface area contributed by atoms with Crippen molar-refractivity contribution in [3.63, 3.8) is 0 Å². The molecule has 5 heteroatoms. The Bertz CT molecular complexity index is 1330. The monoisotopic (exact) mass is 371 g/mol. The van der Waals surface area contributed by atoms with Gasteiger partial charge in [0.25, 0.3) is 0 Å². The molecule has 4 nitrogen and oxygen atoms in total. The van der Waals surface area contributed by atoms with Gasteiger partial charge in [-0.1, -0.05) is 18.2 Å². The van der Waals surface area contributed by atoms with Crippen molar-refractivity contribution >= 4 is 16.6 Å². The number of aliphatic hydroxyl groups is 1. The number of aryl methyl sites for hydroxylation is 1. The van der Waals surface area contributed by atoms with Crippen LogP contribution < -0.4 is 0 Å². The number of imidazole rings is 1. The second-order valence-corrected chi connectivity index (χ2v) is 6.93. The van der Waals surface area contributed by atoms with Gasteiger partial charge in [-0.3, -0.25) is 0 Å². The van der Waals surface area contributed by atoms with Crippen molar-refractivity contribution < 1.29 is 9.50 Å². The van der Waals surface area contributed by atoms with E-state index < -0.39 is 5.82 Å². The minimum atomic E-state index is -0.400. The Morgan fingerprint density at radius 3 is 2.71 bits per heavy atom. The van der Waals surface area contributed by atoms with E-state index in [4.69, 9.17) is 4.98 Å². The first-order valence-electron chi connectivity index (χ1n) is 9.07. The van der Waals surface area contributed by atoms with Crippen molar-refractivity contribution in [3.8, 4) is 22.4 Å². The van der Waals surface area contributed by atoms with Crippen LogP contribution in [0.15, 0.2) is 73.2 Å². The lowest BCUT2D eigenvalue weighted by atomic mass is 10.0. The van der Waals surface area contributed by atoms with Crippen LogP contribution in [0.4, 0.5) is 4.39 Å². The Labute approximate surface area is 161 Å². The van der Waals surface area contributed by atoms with Crippen LogP contribution in [0.3, 0.4) is 0 Å². The van der Waals surface area contributed by atoms with Crippen LogP contribution in [0.5, 0.6) is 0 Å². The summed E-state index contributed by atoms with van der Waals surface area (Å²) in [5.41, 5.74) is 5.74. The molecular formula is C23H18FN3O. The zero-order valence-electron chi connectivity index (χ0n) is 15.3. The first kappa shape index (κ1) is 16.7. The number of hydrogen-bond donors (Lipinski definition) is 1. The standard InChI is InChI=1S/C23H18FN3O/c1-26-10-9-16-11-15(5-7-22(16)26)21-13-27-12-17(6-8-23(27)25-21)18-3-2-4-20(24)19(18)14-28/h2-13,28H,14H2,1H3. The third-order valence-corrected chi connectivity index (χ3v) is 5.22. The summed E-state index contributed by atoms with van der Waals surface area (Å²) >= 11 is 0. The summed E-state index contributed by atoms with van der Waals surface area (Å²) in [6, 6.07) is 17.0. The van der Waals surface area contributed by atoms with Crippen LogP contribution in [0, 0.1) is 5.82 Å². The van der Waals surface area contributed by atoms with Gasteiger partial charge in [0.1, 0.15) is 11.5 Å². The van der Waals surface area contributed by atoms with Gasteiger partial charge in [0, 0.05) is 47.7 Å². The van der Waals surface area contributed by atoms with Crippen LogP contribution in [0.25, 0.3) is 38.9 Å². The predicted octanol–water partition coefficient (Wildman–Crippen LogP) is 4.79. The van der Waals surface area contributed by atoms with E-state index in [1.807, 2.05) is 48.2 Å². The molecular weight excluding hydrogens is 353 g/mol. The number of aromatic nitrogens is 3. The van der Waals surface area contributed by atoms with E-state index >= 15 is 0 Å². The molecule has 0 bridgehead atoms. The van der Waals surface area contributed by atoms with E-state index in [0.717, 1.165) is 22.5 Å². The Morgan fingerprint density at radius 1 is 1.00 bits per heavy atom. The van der Waals surface area contributed by atoms with Gasteiger partial charge >= 0.3 is 0 Å². The third kappa shape index (κ3) is 2.60. The summed E-state index contributed by atoms with van der Waals surface area (Å²) in [6.07, 6.45) is 5.93. The van der Waals surface area contributed by atoms with E-state index in [1.54, 1.807) is 6.07 Å². The second-order valence-electron chi connectivity index (χ2n) is 6.93. The maximum absolute atomic E-state index is 14.0. The largest absolute Gasteiger partial charge is 0.392 e. The van der Waals surface area contributed by atoms with Gasteiger partial charge in [-0.25, -0.2) is 9.37 Å². The van der Waals surface area contributed by atoms with Crippen molar-refractivity contribution in [1.29, 1.82) is 0 Å². The van der Waals surface area contributed by atoms with E-state index in [1.165, 1.54) is 17.0 Å². The number of aliphatic hydroxyl groups excluding tert-OH is 1. The summed E-state index contributed by atoms with van der Waals surface area (Å²) in [4.78, 5) is 4.72. The molecule has 0 atom stereocenters. The smallest absolute Gasteiger partial charge is 0.137 e. The third-order valence-electron chi connectivity index (χ3n) is 5.22. The normalized spacial score (nSPS) is 11.5.